The second-order valence-corrected chi connectivity index (χ2v) is 4.04. The Kier molecular flexibility index (Phi) is 2.37. The van der Waals surface area contributed by atoms with Gasteiger partial charge in [-0.1, -0.05) is 15.9 Å². The van der Waals surface area contributed by atoms with Crippen molar-refractivity contribution >= 4 is 15.9 Å². The molecule has 14 heavy (non-hydrogen) atoms. The van der Waals surface area contributed by atoms with E-state index in [4.69, 9.17) is 0 Å². The second-order valence-electron chi connectivity index (χ2n) is 3.25. The van der Waals surface area contributed by atoms with Crippen LogP contribution in [-0.2, 0) is 0 Å². The summed E-state index contributed by atoms with van der Waals surface area (Å²) < 4.78 is 1.15. The van der Waals surface area contributed by atoms with E-state index < -0.39 is 0 Å². The van der Waals surface area contributed by atoms with Crippen LogP contribution in [0.4, 0.5) is 0 Å². The summed E-state index contributed by atoms with van der Waals surface area (Å²) in [5, 5.41) is 6.76. The van der Waals surface area contributed by atoms with Crippen LogP contribution >= 0.6 is 15.9 Å². The molecule has 0 aliphatic rings. The van der Waals surface area contributed by atoms with Crippen molar-refractivity contribution in [3.05, 3.63) is 34.1 Å². The fourth-order valence-electron chi connectivity index (χ4n) is 1.42. The molecule has 1 heterocycles. The molecule has 0 saturated heterocycles. The molecule has 0 aliphatic carbocycles. The number of benzene rings is 1. The fourth-order valence-corrected chi connectivity index (χ4v) is 1.65. The van der Waals surface area contributed by atoms with Crippen LogP contribution in [0.1, 0.15) is 11.1 Å². The Hall–Kier alpha value is -1.16. The van der Waals surface area contributed by atoms with Crippen molar-refractivity contribution in [3.8, 4) is 11.4 Å². The summed E-state index contributed by atoms with van der Waals surface area (Å²) in [6.07, 6.45) is 1.59. The summed E-state index contributed by atoms with van der Waals surface area (Å²) in [5.74, 6) is 0.740. The Morgan fingerprint density at radius 3 is 2.36 bits per heavy atom. The molecular weight excluding hydrogens is 242 g/mol. The van der Waals surface area contributed by atoms with Gasteiger partial charge in [0.15, 0.2) is 5.82 Å². The molecule has 1 aromatic carbocycles. The number of halogens is 1. The quantitative estimate of drug-likeness (QED) is 0.847. The number of aromatic nitrogens is 3. The molecule has 0 fully saturated rings. The van der Waals surface area contributed by atoms with Crippen molar-refractivity contribution < 1.29 is 0 Å². The summed E-state index contributed by atoms with van der Waals surface area (Å²) in [6.45, 7) is 4.13. The minimum Gasteiger partial charge on any atom is -0.265 e. The van der Waals surface area contributed by atoms with E-state index in [0.717, 1.165) is 15.9 Å². The summed E-state index contributed by atoms with van der Waals surface area (Å²) in [5.41, 5.74) is 3.44. The number of aromatic amines is 1. The van der Waals surface area contributed by atoms with Gasteiger partial charge in [-0.2, -0.15) is 5.10 Å². The maximum Gasteiger partial charge on any atom is 0.180 e. The molecule has 0 amide bonds. The van der Waals surface area contributed by atoms with Gasteiger partial charge in [0.25, 0.3) is 0 Å². The molecule has 0 saturated carbocycles. The SMILES string of the molecule is Cc1cc(-c2nc[nH]n2)cc(C)c1Br. The number of rotatable bonds is 1. The molecule has 0 unspecified atom stereocenters. The van der Waals surface area contributed by atoms with Gasteiger partial charge in [-0.05, 0) is 37.1 Å². The average Bonchev–Trinajstić information content (AvgIpc) is 2.66. The Morgan fingerprint density at radius 1 is 1.21 bits per heavy atom. The molecular formula is C10H10BrN3. The summed E-state index contributed by atoms with van der Waals surface area (Å²) >= 11 is 3.53. The van der Waals surface area contributed by atoms with Crippen LogP contribution in [0, 0.1) is 13.8 Å². The predicted molar refractivity (Wildman–Crippen MR) is 59.0 cm³/mol. The third-order valence-corrected chi connectivity index (χ3v) is 3.36. The lowest BCUT2D eigenvalue weighted by Gasteiger charge is -2.04. The lowest BCUT2D eigenvalue weighted by Crippen LogP contribution is -1.87. The first kappa shape index (κ1) is 9.40. The fraction of sp³-hybridized carbons (Fsp3) is 0.200. The summed E-state index contributed by atoms with van der Waals surface area (Å²) in [6, 6.07) is 4.14. The Labute approximate surface area is 90.7 Å². The normalized spacial score (nSPS) is 10.5. The number of hydrogen-bond acceptors (Lipinski definition) is 2. The zero-order valence-electron chi connectivity index (χ0n) is 8.00. The van der Waals surface area contributed by atoms with E-state index >= 15 is 0 Å². The molecule has 4 heteroatoms. The number of aryl methyl sites for hydroxylation is 2. The maximum atomic E-state index is 4.12. The van der Waals surface area contributed by atoms with Crippen molar-refractivity contribution in [1.82, 2.24) is 15.2 Å². The van der Waals surface area contributed by atoms with Crippen molar-refractivity contribution in [3.63, 3.8) is 0 Å². The lowest BCUT2D eigenvalue weighted by molar-refractivity contribution is 1.09. The highest BCUT2D eigenvalue weighted by Gasteiger charge is 2.06. The van der Waals surface area contributed by atoms with Crippen LogP contribution in [0.3, 0.4) is 0 Å². The smallest absolute Gasteiger partial charge is 0.180 e. The van der Waals surface area contributed by atoms with E-state index in [2.05, 4.69) is 57.1 Å². The minimum absolute atomic E-state index is 0.740. The maximum absolute atomic E-state index is 4.12. The Morgan fingerprint density at radius 2 is 1.86 bits per heavy atom. The van der Waals surface area contributed by atoms with E-state index in [0.29, 0.717) is 0 Å². The van der Waals surface area contributed by atoms with Crippen molar-refractivity contribution in [2.24, 2.45) is 0 Å². The second kappa shape index (κ2) is 3.53. The van der Waals surface area contributed by atoms with Gasteiger partial charge in [0.05, 0.1) is 0 Å². The topological polar surface area (TPSA) is 41.6 Å². The number of H-pyrrole nitrogens is 1. The van der Waals surface area contributed by atoms with Crippen LogP contribution in [0.25, 0.3) is 11.4 Å². The van der Waals surface area contributed by atoms with E-state index in [-0.39, 0.29) is 0 Å². The van der Waals surface area contributed by atoms with Crippen molar-refractivity contribution in [2.75, 3.05) is 0 Å². The number of hydrogen-bond donors (Lipinski definition) is 1. The van der Waals surface area contributed by atoms with Gasteiger partial charge in [0, 0.05) is 10.0 Å². The van der Waals surface area contributed by atoms with Crippen molar-refractivity contribution in [2.45, 2.75) is 13.8 Å². The largest absolute Gasteiger partial charge is 0.265 e. The lowest BCUT2D eigenvalue weighted by atomic mass is 10.1. The first-order valence-corrected chi connectivity index (χ1v) is 5.10. The molecule has 0 radical (unpaired) electrons. The van der Waals surface area contributed by atoms with Gasteiger partial charge in [0.1, 0.15) is 6.33 Å². The molecule has 72 valence electrons. The van der Waals surface area contributed by atoms with Crippen LogP contribution in [-0.4, -0.2) is 15.2 Å². The molecule has 0 aliphatic heterocycles. The highest BCUT2D eigenvalue weighted by Crippen LogP contribution is 2.26. The third-order valence-electron chi connectivity index (χ3n) is 2.11. The standard InChI is InChI=1S/C10H10BrN3/c1-6-3-8(4-7(2)9(6)11)10-12-5-13-14-10/h3-5H,1-2H3,(H,12,13,14). The van der Waals surface area contributed by atoms with Gasteiger partial charge >= 0.3 is 0 Å². The van der Waals surface area contributed by atoms with Crippen LogP contribution < -0.4 is 0 Å². The zero-order chi connectivity index (χ0) is 10.1. The first-order chi connectivity index (χ1) is 6.68. The predicted octanol–water partition coefficient (Wildman–Crippen LogP) is 2.85. The molecule has 2 rings (SSSR count). The minimum atomic E-state index is 0.740. The van der Waals surface area contributed by atoms with Crippen LogP contribution in [0.5, 0.6) is 0 Å². The van der Waals surface area contributed by atoms with Gasteiger partial charge in [-0.15, -0.1) is 0 Å². The van der Waals surface area contributed by atoms with Gasteiger partial charge in [0.2, 0.25) is 0 Å². The molecule has 0 atom stereocenters. The summed E-state index contributed by atoms with van der Waals surface area (Å²) in [4.78, 5) is 4.12. The van der Waals surface area contributed by atoms with E-state index in [9.17, 15) is 0 Å². The average molecular weight is 252 g/mol. The molecule has 1 aromatic heterocycles. The van der Waals surface area contributed by atoms with E-state index in [1.807, 2.05) is 0 Å². The van der Waals surface area contributed by atoms with Gasteiger partial charge in [-0.25, -0.2) is 4.98 Å². The van der Waals surface area contributed by atoms with Gasteiger partial charge in [-0.3, -0.25) is 5.10 Å². The molecule has 3 nitrogen and oxygen atoms in total. The highest BCUT2D eigenvalue weighted by molar-refractivity contribution is 9.10. The highest BCUT2D eigenvalue weighted by atomic mass is 79.9. The van der Waals surface area contributed by atoms with E-state index in [1.54, 1.807) is 6.33 Å². The molecule has 0 bridgehead atoms. The molecule has 0 spiro atoms. The van der Waals surface area contributed by atoms with Crippen molar-refractivity contribution in [1.29, 1.82) is 0 Å². The zero-order valence-corrected chi connectivity index (χ0v) is 9.59. The third kappa shape index (κ3) is 1.57. The van der Waals surface area contributed by atoms with Gasteiger partial charge < -0.3 is 0 Å². The monoisotopic (exact) mass is 251 g/mol. The van der Waals surface area contributed by atoms with E-state index in [1.165, 1.54) is 11.1 Å². The first-order valence-electron chi connectivity index (χ1n) is 4.31. The Bertz CT molecular complexity index is 425. The molecule has 2 aromatic rings. The van der Waals surface area contributed by atoms with Crippen LogP contribution in [0.15, 0.2) is 22.9 Å². The molecule has 1 N–H and O–H groups in total. The number of nitrogens with zero attached hydrogens (tertiary/aromatic N) is 2. The number of nitrogens with one attached hydrogen (secondary N) is 1. The van der Waals surface area contributed by atoms with Crippen LogP contribution in [0.2, 0.25) is 0 Å². The summed E-state index contributed by atoms with van der Waals surface area (Å²) in [7, 11) is 0. The Balaban J connectivity index is 2.57.